The van der Waals surface area contributed by atoms with Crippen molar-refractivity contribution in [2.75, 3.05) is 33.3 Å². The molecule has 0 aromatic heterocycles. The van der Waals surface area contributed by atoms with Gasteiger partial charge in [-0.1, -0.05) is 28.9 Å². The zero-order chi connectivity index (χ0) is 16.8. The molecule has 0 aliphatic carbocycles. The number of likely N-dealkylation sites (N-methyl/N-ethyl adjacent to an activating group) is 1. The van der Waals surface area contributed by atoms with Gasteiger partial charge in [-0.25, -0.2) is 0 Å². The molecule has 1 aliphatic rings. The largest absolute Gasteiger partial charge is 0.497 e. The van der Waals surface area contributed by atoms with Gasteiger partial charge >= 0.3 is 5.97 Å². The van der Waals surface area contributed by atoms with E-state index in [0.717, 1.165) is 49.2 Å². The fraction of sp³-hybridized carbons (Fsp3) is 0.588. The van der Waals surface area contributed by atoms with E-state index in [9.17, 15) is 4.79 Å². The SMILES string of the molecule is CCN(CC(=O)O)C1CCN(Cc2ccc(OC)cc2Br)CC1. The van der Waals surface area contributed by atoms with Crippen molar-refractivity contribution in [2.45, 2.75) is 32.4 Å². The molecule has 1 aromatic rings. The molecule has 0 amide bonds. The molecule has 0 radical (unpaired) electrons. The number of nitrogens with zero attached hydrogens (tertiary/aromatic N) is 2. The number of carboxylic acid groups (broad SMARTS) is 1. The Balaban J connectivity index is 1.88. The lowest BCUT2D eigenvalue weighted by atomic mass is 10.0. The lowest BCUT2D eigenvalue weighted by Gasteiger charge is -2.37. The highest BCUT2D eigenvalue weighted by molar-refractivity contribution is 9.10. The number of carbonyl (C=O) groups is 1. The number of halogens is 1. The Labute approximate surface area is 146 Å². The number of piperidine rings is 1. The molecule has 1 aromatic carbocycles. The molecule has 1 aliphatic heterocycles. The minimum absolute atomic E-state index is 0.144. The van der Waals surface area contributed by atoms with Gasteiger partial charge in [-0.15, -0.1) is 0 Å². The van der Waals surface area contributed by atoms with Gasteiger partial charge < -0.3 is 9.84 Å². The second-order valence-electron chi connectivity index (χ2n) is 5.92. The summed E-state index contributed by atoms with van der Waals surface area (Å²) in [6.07, 6.45) is 2.05. The summed E-state index contributed by atoms with van der Waals surface area (Å²) < 4.78 is 6.30. The van der Waals surface area contributed by atoms with Crippen molar-refractivity contribution in [3.63, 3.8) is 0 Å². The molecule has 1 fully saturated rings. The Morgan fingerprint density at radius 1 is 1.43 bits per heavy atom. The summed E-state index contributed by atoms with van der Waals surface area (Å²) in [6.45, 7) is 5.87. The smallest absolute Gasteiger partial charge is 0.317 e. The molecule has 128 valence electrons. The third-order valence-electron chi connectivity index (χ3n) is 4.47. The third-order valence-corrected chi connectivity index (χ3v) is 5.21. The average Bonchev–Trinajstić information content (AvgIpc) is 2.55. The van der Waals surface area contributed by atoms with E-state index >= 15 is 0 Å². The van der Waals surface area contributed by atoms with Crippen LogP contribution >= 0.6 is 15.9 Å². The topological polar surface area (TPSA) is 53.0 Å². The van der Waals surface area contributed by atoms with Crippen molar-refractivity contribution in [2.24, 2.45) is 0 Å². The first-order valence-corrected chi connectivity index (χ1v) is 8.83. The molecule has 0 atom stereocenters. The van der Waals surface area contributed by atoms with Gasteiger partial charge in [0.25, 0.3) is 0 Å². The van der Waals surface area contributed by atoms with Crippen LogP contribution in [0.4, 0.5) is 0 Å². The lowest BCUT2D eigenvalue weighted by molar-refractivity contribution is -0.139. The van der Waals surface area contributed by atoms with Crippen LogP contribution in [0.2, 0.25) is 0 Å². The number of ether oxygens (including phenoxy) is 1. The van der Waals surface area contributed by atoms with Crippen molar-refractivity contribution in [3.8, 4) is 5.75 Å². The zero-order valence-corrected chi connectivity index (χ0v) is 15.4. The van der Waals surface area contributed by atoms with Crippen molar-refractivity contribution >= 4 is 21.9 Å². The molecule has 5 nitrogen and oxygen atoms in total. The van der Waals surface area contributed by atoms with E-state index in [4.69, 9.17) is 9.84 Å². The Hall–Kier alpha value is -1.11. The molecule has 6 heteroatoms. The minimum atomic E-state index is -0.739. The van der Waals surface area contributed by atoms with Crippen LogP contribution in [0.3, 0.4) is 0 Å². The molecule has 0 spiro atoms. The van der Waals surface area contributed by atoms with E-state index in [0.29, 0.717) is 6.04 Å². The van der Waals surface area contributed by atoms with Gasteiger partial charge in [0.1, 0.15) is 5.75 Å². The number of rotatable bonds is 7. The standard InChI is InChI=1S/C17H25BrN2O3/c1-3-20(12-17(21)22)14-6-8-19(9-7-14)11-13-4-5-15(23-2)10-16(13)18/h4-5,10,14H,3,6-9,11-12H2,1-2H3,(H,21,22). The highest BCUT2D eigenvalue weighted by atomic mass is 79.9. The molecule has 0 saturated carbocycles. The van der Waals surface area contributed by atoms with Crippen LogP contribution < -0.4 is 4.74 Å². The van der Waals surface area contributed by atoms with E-state index < -0.39 is 5.97 Å². The van der Waals surface area contributed by atoms with Crippen LogP contribution in [0.5, 0.6) is 5.75 Å². The predicted octanol–water partition coefficient (Wildman–Crippen LogP) is 2.83. The Kier molecular flexibility index (Phi) is 6.87. The summed E-state index contributed by atoms with van der Waals surface area (Å²) in [5.74, 6) is 0.114. The van der Waals surface area contributed by atoms with Crippen LogP contribution in [0.25, 0.3) is 0 Å². The number of likely N-dealkylation sites (tertiary alicyclic amines) is 1. The summed E-state index contributed by atoms with van der Waals surface area (Å²) in [5, 5.41) is 9.00. The molecular weight excluding hydrogens is 360 g/mol. The van der Waals surface area contributed by atoms with E-state index in [1.165, 1.54) is 5.56 Å². The van der Waals surface area contributed by atoms with Gasteiger partial charge in [0.05, 0.1) is 13.7 Å². The Bertz CT molecular complexity index is 531. The molecule has 1 heterocycles. The van der Waals surface area contributed by atoms with Crippen LogP contribution in [0, 0.1) is 0 Å². The number of benzene rings is 1. The maximum Gasteiger partial charge on any atom is 0.317 e. The van der Waals surface area contributed by atoms with Crippen molar-refractivity contribution in [1.29, 1.82) is 0 Å². The number of hydrogen-bond donors (Lipinski definition) is 1. The zero-order valence-electron chi connectivity index (χ0n) is 13.8. The summed E-state index contributed by atoms with van der Waals surface area (Å²) >= 11 is 3.61. The van der Waals surface area contributed by atoms with Crippen molar-refractivity contribution < 1.29 is 14.6 Å². The Morgan fingerprint density at radius 2 is 2.13 bits per heavy atom. The van der Waals surface area contributed by atoms with Crippen molar-refractivity contribution in [3.05, 3.63) is 28.2 Å². The molecule has 1 N–H and O–H groups in total. The molecule has 2 rings (SSSR count). The molecule has 1 saturated heterocycles. The van der Waals surface area contributed by atoms with Crippen LogP contribution in [-0.4, -0.2) is 60.2 Å². The van der Waals surface area contributed by atoms with Gasteiger partial charge in [-0.05, 0) is 50.2 Å². The number of methoxy groups -OCH3 is 1. The fourth-order valence-corrected chi connectivity index (χ4v) is 3.62. The van der Waals surface area contributed by atoms with Gasteiger partial charge in [0.15, 0.2) is 0 Å². The summed E-state index contributed by atoms with van der Waals surface area (Å²) in [4.78, 5) is 15.4. The maximum absolute atomic E-state index is 10.9. The highest BCUT2D eigenvalue weighted by Crippen LogP contribution is 2.25. The van der Waals surface area contributed by atoms with E-state index in [1.54, 1.807) is 7.11 Å². The number of hydrogen-bond acceptors (Lipinski definition) is 4. The average molecular weight is 385 g/mol. The predicted molar refractivity (Wildman–Crippen MR) is 93.9 cm³/mol. The first kappa shape index (κ1) is 18.2. The van der Waals surface area contributed by atoms with Gasteiger partial charge in [-0.3, -0.25) is 14.6 Å². The van der Waals surface area contributed by atoms with Gasteiger partial charge in [-0.2, -0.15) is 0 Å². The second kappa shape index (κ2) is 8.66. The van der Waals surface area contributed by atoms with Crippen LogP contribution in [-0.2, 0) is 11.3 Å². The van der Waals surface area contributed by atoms with Gasteiger partial charge in [0.2, 0.25) is 0 Å². The number of carboxylic acids is 1. The maximum atomic E-state index is 10.9. The van der Waals surface area contributed by atoms with Crippen LogP contribution in [0.1, 0.15) is 25.3 Å². The monoisotopic (exact) mass is 384 g/mol. The highest BCUT2D eigenvalue weighted by Gasteiger charge is 2.25. The molecule has 23 heavy (non-hydrogen) atoms. The first-order chi connectivity index (χ1) is 11.0. The van der Waals surface area contributed by atoms with Crippen molar-refractivity contribution in [1.82, 2.24) is 9.80 Å². The quantitative estimate of drug-likeness (QED) is 0.783. The summed E-state index contributed by atoms with van der Waals surface area (Å²) in [6, 6.07) is 6.45. The van der Waals surface area contributed by atoms with E-state index in [2.05, 4.69) is 31.8 Å². The first-order valence-electron chi connectivity index (χ1n) is 8.04. The molecular formula is C17H25BrN2O3. The van der Waals surface area contributed by atoms with Gasteiger partial charge in [0, 0.05) is 17.1 Å². The lowest BCUT2D eigenvalue weighted by Crippen LogP contribution is -2.46. The van der Waals surface area contributed by atoms with E-state index in [-0.39, 0.29) is 6.54 Å². The normalized spacial score (nSPS) is 16.7. The summed E-state index contributed by atoms with van der Waals surface area (Å²) in [5.41, 5.74) is 1.25. The van der Waals surface area contributed by atoms with E-state index in [1.807, 2.05) is 19.1 Å². The summed E-state index contributed by atoms with van der Waals surface area (Å²) in [7, 11) is 1.67. The third kappa shape index (κ3) is 5.19. The minimum Gasteiger partial charge on any atom is -0.497 e. The fourth-order valence-electron chi connectivity index (χ4n) is 3.14. The second-order valence-corrected chi connectivity index (χ2v) is 6.78. The number of aliphatic carboxylic acids is 1. The molecule has 0 bridgehead atoms. The molecule has 0 unspecified atom stereocenters. The Morgan fingerprint density at radius 3 is 2.65 bits per heavy atom. The van der Waals surface area contributed by atoms with Crippen LogP contribution in [0.15, 0.2) is 22.7 Å².